The van der Waals surface area contributed by atoms with Crippen molar-refractivity contribution in [3.05, 3.63) is 54.2 Å². The van der Waals surface area contributed by atoms with E-state index in [0.29, 0.717) is 18.5 Å². The summed E-state index contributed by atoms with van der Waals surface area (Å²) < 4.78 is 0. The number of amides is 2. The first-order valence-electron chi connectivity index (χ1n) is 9.81. The lowest BCUT2D eigenvalue weighted by molar-refractivity contribution is -0.123. The molecule has 0 aliphatic rings. The summed E-state index contributed by atoms with van der Waals surface area (Å²) in [5, 5.41) is 24.3. The lowest BCUT2D eigenvalue weighted by atomic mass is 9.75. The van der Waals surface area contributed by atoms with Crippen molar-refractivity contribution < 1.29 is 19.6 Å². The highest BCUT2D eigenvalue weighted by Gasteiger charge is 2.29. The number of nitrogens with zero attached hydrogens (tertiary/aromatic N) is 1. The lowest BCUT2D eigenvalue weighted by Gasteiger charge is -2.23. The van der Waals surface area contributed by atoms with E-state index in [-0.39, 0.29) is 11.6 Å². The molecule has 2 aromatic rings. The fourth-order valence-corrected chi connectivity index (χ4v) is 2.96. The summed E-state index contributed by atoms with van der Waals surface area (Å²) in [6.07, 6.45) is 0.764. The highest BCUT2D eigenvalue weighted by atomic mass is 16.4. The number of carbonyl (C=O) groups is 2. The van der Waals surface area contributed by atoms with Crippen LogP contribution >= 0.6 is 0 Å². The van der Waals surface area contributed by atoms with Crippen molar-refractivity contribution in [3.63, 3.8) is 0 Å². The van der Waals surface area contributed by atoms with Crippen LogP contribution in [0.3, 0.4) is 0 Å². The summed E-state index contributed by atoms with van der Waals surface area (Å²) in [6, 6.07) is 13.8. The van der Waals surface area contributed by atoms with Crippen LogP contribution in [0.25, 0.3) is 11.3 Å². The highest BCUT2D eigenvalue weighted by molar-refractivity contribution is 6.43. The van der Waals surface area contributed by atoms with Gasteiger partial charge in [0, 0.05) is 5.56 Å². The summed E-state index contributed by atoms with van der Waals surface area (Å²) >= 11 is 0. The van der Waals surface area contributed by atoms with Crippen molar-refractivity contribution in [3.8, 4) is 11.3 Å². The van der Waals surface area contributed by atoms with Crippen LogP contribution in [-0.4, -0.2) is 45.9 Å². The second-order valence-electron chi connectivity index (χ2n) is 7.37. The molecule has 0 aliphatic carbocycles. The van der Waals surface area contributed by atoms with E-state index in [2.05, 4.69) is 15.6 Å². The van der Waals surface area contributed by atoms with Crippen LogP contribution in [0.4, 0.5) is 0 Å². The van der Waals surface area contributed by atoms with Crippen molar-refractivity contribution >= 4 is 18.9 Å². The summed E-state index contributed by atoms with van der Waals surface area (Å²) in [6.45, 7) is 5.61. The van der Waals surface area contributed by atoms with Gasteiger partial charge in [-0.3, -0.25) is 9.59 Å². The van der Waals surface area contributed by atoms with Crippen LogP contribution in [0.2, 0.25) is 0 Å². The van der Waals surface area contributed by atoms with Crippen LogP contribution in [0.5, 0.6) is 0 Å². The Bertz CT molecular complexity index is 815. The largest absolute Gasteiger partial charge is 0.475 e. The van der Waals surface area contributed by atoms with Gasteiger partial charge in [0.2, 0.25) is 5.91 Å². The fourth-order valence-electron chi connectivity index (χ4n) is 2.96. The molecule has 2 amide bonds. The molecule has 1 heterocycles. The molecule has 0 spiro atoms. The normalized spacial score (nSPS) is 12.9. The van der Waals surface area contributed by atoms with Gasteiger partial charge in [0.05, 0.1) is 11.6 Å². The van der Waals surface area contributed by atoms with Crippen LogP contribution in [0.1, 0.15) is 44.1 Å². The lowest BCUT2D eigenvalue weighted by Crippen LogP contribution is -2.54. The Balaban J connectivity index is 2.08. The van der Waals surface area contributed by atoms with Gasteiger partial charge in [0.25, 0.3) is 5.91 Å². The average Bonchev–Trinajstić information content (AvgIpc) is 2.71. The number of carbonyl (C=O) groups excluding carboxylic acids is 2. The fraction of sp³-hybridized carbons (Fsp3) is 0.381. The van der Waals surface area contributed by atoms with Crippen molar-refractivity contribution in [2.45, 2.75) is 45.6 Å². The summed E-state index contributed by atoms with van der Waals surface area (Å²) in [4.78, 5) is 29.6. The van der Waals surface area contributed by atoms with E-state index >= 15 is 0 Å². The predicted molar refractivity (Wildman–Crippen MR) is 113 cm³/mol. The minimum atomic E-state index is -1.67. The zero-order valence-corrected chi connectivity index (χ0v) is 17.0. The van der Waals surface area contributed by atoms with Gasteiger partial charge in [-0.25, -0.2) is 4.98 Å². The number of aromatic nitrogens is 1. The van der Waals surface area contributed by atoms with E-state index in [9.17, 15) is 19.6 Å². The van der Waals surface area contributed by atoms with Gasteiger partial charge in [0.1, 0.15) is 11.7 Å². The maximum absolute atomic E-state index is 12.6. The van der Waals surface area contributed by atoms with Crippen LogP contribution < -0.4 is 10.6 Å². The molecule has 1 aromatic carbocycles. The third kappa shape index (κ3) is 6.69. The Hall–Kier alpha value is -2.71. The number of pyridine rings is 1. The maximum atomic E-state index is 12.6. The molecule has 7 nitrogen and oxygen atoms in total. The monoisotopic (exact) mass is 397 g/mol. The second-order valence-corrected chi connectivity index (χ2v) is 7.37. The predicted octanol–water partition coefficient (Wildman–Crippen LogP) is 1.80. The first-order chi connectivity index (χ1) is 13.8. The Morgan fingerprint density at radius 3 is 2.31 bits per heavy atom. The van der Waals surface area contributed by atoms with E-state index in [1.165, 1.54) is 0 Å². The molecule has 2 atom stereocenters. The maximum Gasteiger partial charge on any atom is 0.475 e. The molecule has 0 saturated heterocycles. The summed E-state index contributed by atoms with van der Waals surface area (Å²) in [5.41, 5.74) is 1.76. The minimum Gasteiger partial charge on any atom is -0.426 e. The Morgan fingerprint density at radius 2 is 1.72 bits per heavy atom. The van der Waals surface area contributed by atoms with E-state index in [0.717, 1.165) is 5.56 Å². The van der Waals surface area contributed by atoms with Crippen molar-refractivity contribution in [2.24, 2.45) is 5.92 Å². The van der Waals surface area contributed by atoms with Crippen LogP contribution in [0, 0.1) is 5.92 Å². The smallest absolute Gasteiger partial charge is 0.426 e. The topological polar surface area (TPSA) is 112 Å². The van der Waals surface area contributed by atoms with Gasteiger partial charge in [-0.1, -0.05) is 57.2 Å². The number of benzene rings is 1. The molecule has 154 valence electrons. The Labute approximate surface area is 171 Å². The van der Waals surface area contributed by atoms with Gasteiger partial charge in [-0.2, -0.15) is 0 Å². The standard InChI is InChI=1S/C21H28BN3O4/c1-4-16(20(26)25-19(22(28)29)13-14(2)3)24-21(27)18-12-8-11-17(23-18)15-9-6-5-7-10-15/h5-12,14,16,19,28-29H,4,13H2,1-3H3,(H,24,27)(H,25,26)/t16?,19-/m0/s1. The zero-order valence-electron chi connectivity index (χ0n) is 17.0. The van der Waals surface area contributed by atoms with Crippen molar-refractivity contribution in [1.82, 2.24) is 15.6 Å². The number of hydrogen-bond acceptors (Lipinski definition) is 5. The first-order valence-corrected chi connectivity index (χ1v) is 9.81. The molecule has 29 heavy (non-hydrogen) atoms. The number of rotatable bonds is 9. The van der Waals surface area contributed by atoms with Gasteiger partial charge >= 0.3 is 7.12 Å². The molecule has 1 unspecified atom stereocenters. The van der Waals surface area contributed by atoms with Gasteiger partial charge in [-0.05, 0) is 30.9 Å². The molecular formula is C21H28BN3O4. The highest BCUT2D eigenvalue weighted by Crippen LogP contribution is 2.16. The molecule has 8 heteroatoms. The molecule has 4 N–H and O–H groups in total. The second kappa shape index (κ2) is 10.7. The minimum absolute atomic E-state index is 0.168. The number of nitrogens with one attached hydrogen (secondary N) is 2. The van der Waals surface area contributed by atoms with Crippen LogP contribution in [-0.2, 0) is 4.79 Å². The molecule has 0 bridgehead atoms. The SMILES string of the molecule is CCC(NC(=O)c1cccc(-c2ccccc2)n1)C(=O)N[C@@H](CC(C)C)B(O)O. The molecule has 0 fully saturated rings. The van der Waals surface area contributed by atoms with E-state index < -0.39 is 30.9 Å². The van der Waals surface area contributed by atoms with Gasteiger partial charge in [0.15, 0.2) is 0 Å². The molecule has 0 saturated carbocycles. The van der Waals surface area contributed by atoms with E-state index in [1.54, 1.807) is 19.1 Å². The molecular weight excluding hydrogens is 369 g/mol. The zero-order chi connectivity index (χ0) is 21.4. The van der Waals surface area contributed by atoms with E-state index in [1.807, 2.05) is 50.2 Å². The van der Waals surface area contributed by atoms with E-state index in [4.69, 9.17) is 0 Å². The third-order valence-corrected chi connectivity index (χ3v) is 4.49. The number of hydrogen-bond donors (Lipinski definition) is 4. The van der Waals surface area contributed by atoms with Crippen molar-refractivity contribution in [2.75, 3.05) is 0 Å². The quantitative estimate of drug-likeness (QED) is 0.482. The average molecular weight is 397 g/mol. The first kappa shape index (κ1) is 22.6. The Kier molecular flexibility index (Phi) is 8.36. The molecule has 1 aromatic heterocycles. The van der Waals surface area contributed by atoms with Gasteiger partial charge in [-0.15, -0.1) is 0 Å². The third-order valence-electron chi connectivity index (χ3n) is 4.49. The molecule has 2 rings (SSSR count). The Morgan fingerprint density at radius 1 is 1.03 bits per heavy atom. The van der Waals surface area contributed by atoms with Crippen molar-refractivity contribution in [1.29, 1.82) is 0 Å². The summed E-state index contributed by atoms with van der Waals surface area (Å²) in [7, 11) is -1.67. The molecule has 0 radical (unpaired) electrons. The molecule has 0 aliphatic heterocycles. The van der Waals surface area contributed by atoms with Crippen LogP contribution in [0.15, 0.2) is 48.5 Å². The van der Waals surface area contributed by atoms with Gasteiger partial charge < -0.3 is 20.7 Å². The summed E-state index contributed by atoms with van der Waals surface area (Å²) in [5.74, 6) is -1.55.